The number of primary amides is 1. The predicted molar refractivity (Wildman–Crippen MR) is 72.8 cm³/mol. The van der Waals surface area contributed by atoms with Crippen molar-refractivity contribution in [2.75, 3.05) is 11.9 Å². The fraction of sp³-hybridized carbons (Fsp3) is 0.308. The van der Waals surface area contributed by atoms with Gasteiger partial charge in [0.05, 0.1) is 17.4 Å². The Balaban J connectivity index is 1.84. The number of pyridine rings is 1. The van der Waals surface area contributed by atoms with Crippen LogP contribution in [0.5, 0.6) is 0 Å². The summed E-state index contributed by atoms with van der Waals surface area (Å²) < 4.78 is 1.79. The summed E-state index contributed by atoms with van der Waals surface area (Å²) in [5.41, 5.74) is 7.64. The first-order valence-electron chi connectivity index (χ1n) is 6.12. The van der Waals surface area contributed by atoms with Crippen LogP contribution < -0.4 is 11.1 Å². The van der Waals surface area contributed by atoms with Gasteiger partial charge >= 0.3 is 0 Å². The van der Waals surface area contributed by atoms with E-state index in [1.54, 1.807) is 16.9 Å². The number of carbonyl (C=O) groups is 1. The summed E-state index contributed by atoms with van der Waals surface area (Å²) in [7, 11) is 1.90. The molecule has 2 rings (SSSR count). The Bertz CT molecular complexity index is 564. The van der Waals surface area contributed by atoms with Gasteiger partial charge in [-0.25, -0.2) is 0 Å². The molecular weight excluding hydrogens is 242 g/mol. The summed E-state index contributed by atoms with van der Waals surface area (Å²) in [5.74, 6) is -0.470. The van der Waals surface area contributed by atoms with Crippen LogP contribution in [-0.4, -0.2) is 27.2 Å². The highest BCUT2D eigenvalue weighted by Crippen LogP contribution is 2.12. The maximum Gasteiger partial charge on any atom is 0.252 e. The van der Waals surface area contributed by atoms with Crippen LogP contribution in [0.1, 0.15) is 22.3 Å². The zero-order chi connectivity index (χ0) is 13.7. The minimum absolute atomic E-state index is 0.420. The van der Waals surface area contributed by atoms with Gasteiger partial charge in [0, 0.05) is 32.2 Å². The van der Waals surface area contributed by atoms with Crippen LogP contribution in [0.15, 0.2) is 30.9 Å². The van der Waals surface area contributed by atoms with E-state index in [9.17, 15) is 4.79 Å². The second kappa shape index (κ2) is 5.99. The van der Waals surface area contributed by atoms with Crippen LogP contribution in [0.3, 0.4) is 0 Å². The number of hydrogen-bond donors (Lipinski definition) is 2. The Labute approximate surface area is 111 Å². The minimum Gasteiger partial charge on any atom is -0.384 e. The van der Waals surface area contributed by atoms with Gasteiger partial charge in [0.15, 0.2) is 0 Å². The molecule has 6 heteroatoms. The van der Waals surface area contributed by atoms with Crippen LogP contribution in [0.2, 0.25) is 0 Å². The Morgan fingerprint density at radius 2 is 2.32 bits per heavy atom. The lowest BCUT2D eigenvalue weighted by Gasteiger charge is -2.08. The molecule has 0 unspecified atom stereocenters. The van der Waals surface area contributed by atoms with E-state index in [1.807, 2.05) is 19.4 Å². The van der Waals surface area contributed by atoms with Crippen molar-refractivity contribution in [1.29, 1.82) is 0 Å². The number of nitrogens with two attached hydrogens (primary N) is 1. The fourth-order valence-corrected chi connectivity index (χ4v) is 1.86. The van der Waals surface area contributed by atoms with Crippen molar-refractivity contribution < 1.29 is 4.79 Å². The molecule has 0 saturated carbocycles. The first-order chi connectivity index (χ1) is 9.16. The summed E-state index contributed by atoms with van der Waals surface area (Å²) in [6, 6.07) is 1.75. The standard InChI is InChI=1S/C13H17N5O/c1-18-9-10(7-17-18)3-2-5-16-12-4-6-15-8-11(12)13(14)19/h4,6-9H,2-3,5H2,1H3,(H2,14,19)(H,15,16). The van der Waals surface area contributed by atoms with E-state index in [0.29, 0.717) is 5.56 Å². The monoisotopic (exact) mass is 259 g/mol. The quantitative estimate of drug-likeness (QED) is 0.756. The minimum atomic E-state index is -0.470. The van der Waals surface area contributed by atoms with Gasteiger partial charge < -0.3 is 11.1 Å². The molecule has 2 aromatic rings. The normalized spacial score (nSPS) is 10.4. The Morgan fingerprint density at radius 3 is 3.00 bits per heavy atom. The predicted octanol–water partition coefficient (Wildman–Crippen LogP) is 0.959. The van der Waals surface area contributed by atoms with Gasteiger partial charge in [0.1, 0.15) is 0 Å². The largest absolute Gasteiger partial charge is 0.384 e. The van der Waals surface area contributed by atoms with Gasteiger partial charge in [-0.3, -0.25) is 14.5 Å². The number of nitrogens with zero attached hydrogens (tertiary/aromatic N) is 3. The molecule has 6 nitrogen and oxygen atoms in total. The van der Waals surface area contributed by atoms with Crippen molar-refractivity contribution in [2.45, 2.75) is 12.8 Å². The number of carbonyl (C=O) groups excluding carboxylic acids is 1. The first-order valence-corrected chi connectivity index (χ1v) is 6.12. The second-order valence-corrected chi connectivity index (χ2v) is 4.34. The Kier molecular flexibility index (Phi) is 4.12. The van der Waals surface area contributed by atoms with Crippen molar-refractivity contribution >= 4 is 11.6 Å². The number of amides is 1. The third-order valence-electron chi connectivity index (χ3n) is 2.80. The molecule has 1 amide bonds. The number of aryl methyl sites for hydroxylation is 2. The molecule has 2 aromatic heterocycles. The van der Waals surface area contributed by atoms with Gasteiger partial charge in [0.2, 0.25) is 0 Å². The number of hydrogen-bond acceptors (Lipinski definition) is 4. The van der Waals surface area contributed by atoms with Crippen molar-refractivity contribution in [3.63, 3.8) is 0 Å². The Hall–Kier alpha value is -2.37. The lowest BCUT2D eigenvalue weighted by Crippen LogP contribution is -2.15. The topological polar surface area (TPSA) is 85.8 Å². The summed E-state index contributed by atoms with van der Waals surface area (Å²) in [4.78, 5) is 15.1. The molecule has 0 fully saturated rings. The average Bonchev–Trinajstić information content (AvgIpc) is 2.81. The molecule has 100 valence electrons. The van der Waals surface area contributed by atoms with E-state index in [1.165, 1.54) is 11.8 Å². The maximum atomic E-state index is 11.2. The van der Waals surface area contributed by atoms with E-state index < -0.39 is 5.91 Å². The highest BCUT2D eigenvalue weighted by Gasteiger charge is 2.06. The third kappa shape index (κ3) is 3.54. The molecule has 0 radical (unpaired) electrons. The zero-order valence-corrected chi connectivity index (χ0v) is 10.8. The highest BCUT2D eigenvalue weighted by molar-refractivity contribution is 5.98. The van der Waals surface area contributed by atoms with Gasteiger partial charge in [0.25, 0.3) is 5.91 Å². The van der Waals surface area contributed by atoms with Crippen molar-refractivity contribution in [2.24, 2.45) is 12.8 Å². The smallest absolute Gasteiger partial charge is 0.252 e. The lowest BCUT2D eigenvalue weighted by atomic mass is 10.2. The van der Waals surface area contributed by atoms with Gasteiger partial charge in [-0.1, -0.05) is 0 Å². The zero-order valence-electron chi connectivity index (χ0n) is 10.8. The first kappa shape index (κ1) is 13.1. The van der Waals surface area contributed by atoms with Crippen LogP contribution in [0.25, 0.3) is 0 Å². The van der Waals surface area contributed by atoms with Crippen molar-refractivity contribution in [3.05, 3.63) is 42.0 Å². The van der Waals surface area contributed by atoms with Crippen molar-refractivity contribution in [3.8, 4) is 0 Å². The van der Waals surface area contributed by atoms with E-state index >= 15 is 0 Å². The van der Waals surface area contributed by atoms with E-state index in [0.717, 1.165) is 25.1 Å². The van der Waals surface area contributed by atoms with Gasteiger partial charge in [-0.05, 0) is 24.5 Å². The molecule has 2 heterocycles. The molecule has 0 aromatic carbocycles. The number of aromatic nitrogens is 3. The number of rotatable bonds is 6. The third-order valence-corrected chi connectivity index (χ3v) is 2.80. The fourth-order valence-electron chi connectivity index (χ4n) is 1.86. The van der Waals surface area contributed by atoms with Crippen molar-refractivity contribution in [1.82, 2.24) is 14.8 Å². The molecule has 0 atom stereocenters. The van der Waals surface area contributed by atoms with Crippen LogP contribution >= 0.6 is 0 Å². The molecule has 0 saturated heterocycles. The van der Waals surface area contributed by atoms with E-state index in [4.69, 9.17) is 5.73 Å². The van der Waals surface area contributed by atoms with E-state index in [-0.39, 0.29) is 0 Å². The maximum absolute atomic E-state index is 11.2. The lowest BCUT2D eigenvalue weighted by molar-refractivity contribution is 0.100. The van der Waals surface area contributed by atoms with Crippen LogP contribution in [-0.2, 0) is 13.5 Å². The molecule has 3 N–H and O–H groups in total. The molecular formula is C13H17N5O. The Morgan fingerprint density at radius 1 is 1.47 bits per heavy atom. The molecule has 0 aliphatic carbocycles. The summed E-state index contributed by atoms with van der Waals surface area (Å²) in [6.07, 6.45) is 8.87. The van der Waals surface area contributed by atoms with Crippen LogP contribution in [0.4, 0.5) is 5.69 Å². The molecule has 19 heavy (non-hydrogen) atoms. The molecule has 0 spiro atoms. The molecule has 0 bridgehead atoms. The highest BCUT2D eigenvalue weighted by atomic mass is 16.1. The SMILES string of the molecule is Cn1cc(CCCNc2ccncc2C(N)=O)cn1. The summed E-state index contributed by atoms with van der Waals surface area (Å²) in [6.45, 7) is 0.763. The second-order valence-electron chi connectivity index (χ2n) is 4.34. The van der Waals surface area contributed by atoms with E-state index in [2.05, 4.69) is 15.4 Å². The van der Waals surface area contributed by atoms with Gasteiger partial charge in [-0.15, -0.1) is 0 Å². The molecule has 0 aliphatic heterocycles. The summed E-state index contributed by atoms with van der Waals surface area (Å²) >= 11 is 0. The van der Waals surface area contributed by atoms with Gasteiger partial charge in [-0.2, -0.15) is 5.10 Å². The summed E-state index contributed by atoms with van der Waals surface area (Å²) in [5, 5.41) is 7.32. The molecule has 0 aliphatic rings. The van der Waals surface area contributed by atoms with Crippen LogP contribution in [0, 0.1) is 0 Å². The average molecular weight is 259 g/mol. The number of anilines is 1. The number of nitrogens with one attached hydrogen (secondary N) is 1.